The molecule has 1 heterocycles. The molecule has 0 aliphatic heterocycles. The van der Waals surface area contributed by atoms with Gasteiger partial charge in [0.25, 0.3) is 0 Å². The number of nitrogens with zero attached hydrogens (tertiary/aromatic N) is 1. The average Bonchev–Trinajstić information content (AvgIpc) is 2.41. The summed E-state index contributed by atoms with van der Waals surface area (Å²) in [5, 5.41) is 0. The van der Waals surface area contributed by atoms with Gasteiger partial charge in [-0.05, 0) is 36.2 Å². The Morgan fingerprint density at radius 2 is 1.88 bits per heavy atom. The first-order valence-electron chi connectivity index (χ1n) is 5.70. The second-order valence-corrected chi connectivity index (χ2v) is 4.94. The maximum absolute atomic E-state index is 5.56. The third kappa shape index (κ3) is 3.88. The lowest BCUT2D eigenvalue weighted by Gasteiger charge is -2.02. The molecule has 0 aliphatic rings. The molecule has 0 atom stereocenters. The van der Waals surface area contributed by atoms with Gasteiger partial charge in [0, 0.05) is 29.1 Å². The first kappa shape index (κ1) is 12.1. The number of pyridine rings is 1. The minimum atomic E-state index is 0.610. The SMILES string of the molecule is NCc1ccc(SCCc2ccccn2)cc1. The largest absolute Gasteiger partial charge is 0.326 e. The normalized spacial score (nSPS) is 10.4. The molecule has 0 aliphatic carbocycles. The van der Waals surface area contributed by atoms with Crippen LogP contribution in [0.5, 0.6) is 0 Å². The van der Waals surface area contributed by atoms with Crippen LogP contribution in [0.4, 0.5) is 0 Å². The molecule has 0 fully saturated rings. The Bertz CT molecular complexity index is 440. The molecule has 2 rings (SSSR count). The summed E-state index contributed by atoms with van der Waals surface area (Å²) in [5.41, 5.74) is 7.89. The van der Waals surface area contributed by atoms with Crippen molar-refractivity contribution in [1.29, 1.82) is 0 Å². The van der Waals surface area contributed by atoms with Crippen molar-refractivity contribution in [1.82, 2.24) is 4.98 Å². The maximum Gasteiger partial charge on any atom is 0.0411 e. The lowest BCUT2D eigenvalue weighted by Crippen LogP contribution is -1.95. The second-order valence-electron chi connectivity index (χ2n) is 3.77. The summed E-state index contributed by atoms with van der Waals surface area (Å²) in [5.74, 6) is 1.05. The zero-order valence-electron chi connectivity index (χ0n) is 9.67. The van der Waals surface area contributed by atoms with E-state index in [0.29, 0.717) is 6.54 Å². The predicted octanol–water partition coefficient (Wildman–Crippen LogP) is 2.88. The van der Waals surface area contributed by atoms with Gasteiger partial charge in [0.15, 0.2) is 0 Å². The third-order valence-electron chi connectivity index (χ3n) is 2.51. The summed E-state index contributed by atoms with van der Waals surface area (Å²) in [6, 6.07) is 14.5. The van der Waals surface area contributed by atoms with E-state index in [9.17, 15) is 0 Å². The van der Waals surface area contributed by atoms with Crippen molar-refractivity contribution in [2.24, 2.45) is 5.73 Å². The number of benzene rings is 1. The van der Waals surface area contributed by atoms with Crippen LogP contribution in [0.2, 0.25) is 0 Å². The molecule has 0 bridgehead atoms. The maximum atomic E-state index is 5.56. The van der Waals surface area contributed by atoms with Gasteiger partial charge in [-0.3, -0.25) is 4.98 Å². The van der Waals surface area contributed by atoms with Crippen molar-refractivity contribution in [3.8, 4) is 0 Å². The number of aromatic nitrogens is 1. The van der Waals surface area contributed by atoms with Crippen LogP contribution < -0.4 is 5.73 Å². The topological polar surface area (TPSA) is 38.9 Å². The van der Waals surface area contributed by atoms with Gasteiger partial charge in [-0.25, -0.2) is 0 Å². The average molecular weight is 244 g/mol. The molecule has 0 unspecified atom stereocenters. The Morgan fingerprint density at radius 1 is 1.06 bits per heavy atom. The number of nitrogens with two attached hydrogens (primary N) is 1. The molecule has 2 aromatic rings. The molecule has 2 N–H and O–H groups in total. The number of rotatable bonds is 5. The first-order chi connectivity index (χ1) is 8.38. The van der Waals surface area contributed by atoms with Gasteiger partial charge >= 0.3 is 0 Å². The van der Waals surface area contributed by atoms with Gasteiger partial charge in [0.1, 0.15) is 0 Å². The lowest BCUT2D eigenvalue weighted by molar-refractivity contribution is 1.04. The molecule has 1 aromatic carbocycles. The van der Waals surface area contributed by atoms with Crippen LogP contribution in [0.1, 0.15) is 11.3 Å². The Morgan fingerprint density at radius 3 is 2.53 bits per heavy atom. The fraction of sp³-hybridized carbons (Fsp3) is 0.214. The van der Waals surface area contributed by atoms with Crippen LogP contribution in [-0.4, -0.2) is 10.7 Å². The standard InChI is InChI=1S/C14H16N2S/c15-11-12-4-6-14(7-5-12)17-10-8-13-3-1-2-9-16-13/h1-7,9H,8,10-11,15H2. The van der Waals surface area contributed by atoms with Crippen molar-refractivity contribution < 1.29 is 0 Å². The van der Waals surface area contributed by atoms with E-state index >= 15 is 0 Å². The zero-order valence-corrected chi connectivity index (χ0v) is 10.5. The summed E-state index contributed by atoms with van der Waals surface area (Å²) in [6.07, 6.45) is 2.85. The summed E-state index contributed by atoms with van der Waals surface area (Å²) in [4.78, 5) is 5.60. The van der Waals surface area contributed by atoms with E-state index in [1.54, 1.807) is 0 Å². The molecule has 1 aromatic heterocycles. The highest BCUT2D eigenvalue weighted by Crippen LogP contribution is 2.19. The first-order valence-corrected chi connectivity index (χ1v) is 6.69. The van der Waals surface area contributed by atoms with E-state index in [-0.39, 0.29) is 0 Å². The summed E-state index contributed by atoms with van der Waals surface area (Å²) < 4.78 is 0. The van der Waals surface area contributed by atoms with Crippen LogP contribution >= 0.6 is 11.8 Å². The van der Waals surface area contributed by atoms with E-state index in [0.717, 1.165) is 17.9 Å². The molecular formula is C14H16N2S. The molecule has 2 nitrogen and oxygen atoms in total. The monoisotopic (exact) mass is 244 g/mol. The number of thioether (sulfide) groups is 1. The highest BCUT2D eigenvalue weighted by Gasteiger charge is 1.97. The fourth-order valence-corrected chi connectivity index (χ4v) is 2.42. The Kier molecular flexibility index (Phi) is 4.59. The van der Waals surface area contributed by atoms with E-state index in [4.69, 9.17) is 5.73 Å². The molecule has 88 valence electrons. The molecule has 17 heavy (non-hydrogen) atoms. The van der Waals surface area contributed by atoms with E-state index in [1.807, 2.05) is 30.1 Å². The third-order valence-corrected chi connectivity index (χ3v) is 3.53. The number of hydrogen-bond donors (Lipinski definition) is 1. The van der Waals surface area contributed by atoms with Gasteiger partial charge in [0.05, 0.1) is 0 Å². The predicted molar refractivity (Wildman–Crippen MR) is 73.0 cm³/mol. The molecule has 0 spiro atoms. The van der Waals surface area contributed by atoms with Gasteiger partial charge in [-0.1, -0.05) is 18.2 Å². The van der Waals surface area contributed by atoms with Crippen LogP contribution in [0.25, 0.3) is 0 Å². The van der Waals surface area contributed by atoms with Crippen molar-refractivity contribution in [3.05, 3.63) is 59.9 Å². The lowest BCUT2D eigenvalue weighted by atomic mass is 10.2. The van der Waals surface area contributed by atoms with E-state index in [1.165, 1.54) is 10.5 Å². The van der Waals surface area contributed by atoms with Crippen molar-refractivity contribution in [2.45, 2.75) is 17.9 Å². The minimum Gasteiger partial charge on any atom is -0.326 e. The highest BCUT2D eigenvalue weighted by atomic mass is 32.2. The van der Waals surface area contributed by atoms with Gasteiger partial charge in [-0.2, -0.15) is 0 Å². The zero-order chi connectivity index (χ0) is 11.9. The molecule has 3 heteroatoms. The smallest absolute Gasteiger partial charge is 0.0411 e. The summed E-state index contributed by atoms with van der Waals surface area (Å²) in [6.45, 7) is 0.610. The fourth-order valence-electron chi connectivity index (χ4n) is 1.54. The molecule has 0 saturated carbocycles. The minimum absolute atomic E-state index is 0.610. The summed E-state index contributed by atoms with van der Waals surface area (Å²) in [7, 11) is 0. The molecule has 0 radical (unpaired) electrons. The quantitative estimate of drug-likeness (QED) is 0.822. The highest BCUT2D eigenvalue weighted by molar-refractivity contribution is 7.99. The number of aryl methyl sites for hydroxylation is 1. The van der Waals surface area contributed by atoms with Crippen LogP contribution in [0.15, 0.2) is 53.6 Å². The van der Waals surface area contributed by atoms with Crippen molar-refractivity contribution in [3.63, 3.8) is 0 Å². The van der Waals surface area contributed by atoms with Gasteiger partial charge in [0.2, 0.25) is 0 Å². The van der Waals surface area contributed by atoms with Gasteiger partial charge in [-0.15, -0.1) is 11.8 Å². The van der Waals surface area contributed by atoms with Crippen LogP contribution in [-0.2, 0) is 13.0 Å². The van der Waals surface area contributed by atoms with Crippen molar-refractivity contribution >= 4 is 11.8 Å². The second kappa shape index (κ2) is 6.42. The molecular weight excluding hydrogens is 228 g/mol. The summed E-state index contributed by atoms with van der Waals surface area (Å²) >= 11 is 1.85. The molecule has 0 saturated heterocycles. The Labute approximate surface area is 106 Å². The van der Waals surface area contributed by atoms with Crippen LogP contribution in [0.3, 0.4) is 0 Å². The molecule has 0 amide bonds. The van der Waals surface area contributed by atoms with E-state index in [2.05, 4.69) is 35.3 Å². The Balaban J connectivity index is 1.82. The van der Waals surface area contributed by atoms with Gasteiger partial charge < -0.3 is 5.73 Å². The van der Waals surface area contributed by atoms with Crippen molar-refractivity contribution in [2.75, 3.05) is 5.75 Å². The van der Waals surface area contributed by atoms with Crippen LogP contribution in [0, 0.1) is 0 Å². The Hall–Kier alpha value is -1.32. The number of hydrogen-bond acceptors (Lipinski definition) is 3. The van der Waals surface area contributed by atoms with E-state index < -0.39 is 0 Å².